The standard InChI is InChI=1S/C29H33N5O2/c1-19(17-30)18-31-28-24-16-21(9-8-20(24)10-15-27(28)36-4)25-6-5-7-26(33-25)29(35)32-22-11-13-23(14-12-22)34(2)3/h5-10,15-16,22-23,31H,1,11-14,18H2,2-4H3,(H,32,35). The summed E-state index contributed by atoms with van der Waals surface area (Å²) in [5.74, 6) is 0.542. The summed E-state index contributed by atoms with van der Waals surface area (Å²) in [5.41, 5.74) is 3.24. The van der Waals surface area contributed by atoms with Crippen LogP contribution in [0.3, 0.4) is 0 Å². The number of pyridine rings is 1. The number of nitrogens with zero attached hydrogens (tertiary/aromatic N) is 3. The first kappa shape index (κ1) is 25.2. The molecule has 1 fully saturated rings. The zero-order chi connectivity index (χ0) is 25.7. The third-order valence-electron chi connectivity index (χ3n) is 6.88. The molecule has 1 amide bonds. The predicted octanol–water partition coefficient (Wildman–Crippen LogP) is 5.00. The number of carbonyl (C=O) groups is 1. The van der Waals surface area contributed by atoms with Gasteiger partial charge in [-0.1, -0.05) is 30.8 Å². The first-order valence-electron chi connectivity index (χ1n) is 12.3. The van der Waals surface area contributed by atoms with Crippen LogP contribution in [0.15, 0.2) is 60.7 Å². The van der Waals surface area contributed by atoms with Crippen LogP contribution >= 0.6 is 0 Å². The second-order valence-electron chi connectivity index (χ2n) is 9.50. The molecule has 2 aromatic carbocycles. The number of anilines is 1. The van der Waals surface area contributed by atoms with Crippen molar-refractivity contribution >= 4 is 22.4 Å². The van der Waals surface area contributed by atoms with Crippen LogP contribution in [0.25, 0.3) is 22.0 Å². The van der Waals surface area contributed by atoms with Crippen molar-refractivity contribution in [1.29, 1.82) is 5.26 Å². The maximum Gasteiger partial charge on any atom is 0.270 e. The summed E-state index contributed by atoms with van der Waals surface area (Å²) in [7, 11) is 5.85. The first-order chi connectivity index (χ1) is 17.4. The summed E-state index contributed by atoms with van der Waals surface area (Å²) < 4.78 is 5.56. The minimum absolute atomic E-state index is 0.134. The molecule has 36 heavy (non-hydrogen) atoms. The van der Waals surface area contributed by atoms with E-state index in [4.69, 9.17) is 10.00 Å². The topological polar surface area (TPSA) is 90.3 Å². The van der Waals surface area contributed by atoms with Crippen molar-refractivity contribution in [2.24, 2.45) is 0 Å². The third kappa shape index (κ3) is 5.67. The molecule has 1 heterocycles. The molecule has 1 aromatic heterocycles. The number of fused-ring (bicyclic) bond motifs is 1. The summed E-state index contributed by atoms with van der Waals surface area (Å²) in [6, 6.07) is 18.3. The summed E-state index contributed by atoms with van der Waals surface area (Å²) in [5, 5.41) is 17.5. The number of benzene rings is 2. The van der Waals surface area contributed by atoms with Crippen LogP contribution < -0.4 is 15.4 Å². The van der Waals surface area contributed by atoms with E-state index in [1.807, 2.05) is 42.5 Å². The highest BCUT2D eigenvalue weighted by Gasteiger charge is 2.24. The van der Waals surface area contributed by atoms with Gasteiger partial charge in [0.15, 0.2) is 0 Å². The van der Waals surface area contributed by atoms with Gasteiger partial charge in [-0.05, 0) is 69.4 Å². The van der Waals surface area contributed by atoms with Gasteiger partial charge in [0.25, 0.3) is 5.91 Å². The molecule has 0 atom stereocenters. The van der Waals surface area contributed by atoms with E-state index in [0.29, 0.717) is 29.6 Å². The van der Waals surface area contributed by atoms with Gasteiger partial charge in [-0.3, -0.25) is 4.79 Å². The van der Waals surface area contributed by atoms with Crippen LogP contribution in [0.2, 0.25) is 0 Å². The molecule has 4 rings (SSSR count). The Morgan fingerprint density at radius 3 is 2.61 bits per heavy atom. The Kier molecular flexibility index (Phi) is 7.87. The molecule has 1 aliphatic carbocycles. The van der Waals surface area contributed by atoms with E-state index >= 15 is 0 Å². The lowest BCUT2D eigenvalue weighted by molar-refractivity contribution is 0.0911. The summed E-state index contributed by atoms with van der Waals surface area (Å²) >= 11 is 0. The molecule has 7 nitrogen and oxygen atoms in total. The molecule has 0 bridgehead atoms. The number of nitrogens with one attached hydrogen (secondary N) is 2. The van der Waals surface area contributed by atoms with Crippen molar-refractivity contribution in [3.05, 3.63) is 66.4 Å². The van der Waals surface area contributed by atoms with Gasteiger partial charge in [0.05, 0.1) is 24.6 Å². The molecular formula is C29H33N5O2. The van der Waals surface area contributed by atoms with Gasteiger partial charge in [0, 0.05) is 35.2 Å². The number of ether oxygens (including phenoxy) is 1. The lowest BCUT2D eigenvalue weighted by Crippen LogP contribution is -2.42. The number of hydrogen-bond donors (Lipinski definition) is 2. The van der Waals surface area contributed by atoms with Gasteiger partial charge in [0.1, 0.15) is 11.4 Å². The lowest BCUT2D eigenvalue weighted by Gasteiger charge is -2.32. The van der Waals surface area contributed by atoms with E-state index in [9.17, 15) is 4.79 Å². The second kappa shape index (κ2) is 11.2. The minimum Gasteiger partial charge on any atom is -0.495 e. The maximum atomic E-state index is 13.0. The normalized spacial score (nSPS) is 17.4. The van der Waals surface area contributed by atoms with Crippen molar-refractivity contribution in [1.82, 2.24) is 15.2 Å². The Labute approximate surface area is 212 Å². The summed E-state index contributed by atoms with van der Waals surface area (Å²) in [6.07, 6.45) is 4.14. The van der Waals surface area contributed by atoms with Gasteiger partial charge in [0.2, 0.25) is 0 Å². The highest BCUT2D eigenvalue weighted by molar-refractivity contribution is 5.99. The van der Waals surface area contributed by atoms with Crippen molar-refractivity contribution < 1.29 is 9.53 Å². The molecule has 3 aromatic rings. The van der Waals surface area contributed by atoms with Crippen molar-refractivity contribution in [3.63, 3.8) is 0 Å². The molecule has 0 unspecified atom stereocenters. The molecule has 7 heteroatoms. The van der Waals surface area contributed by atoms with Crippen molar-refractivity contribution in [3.8, 4) is 23.1 Å². The lowest BCUT2D eigenvalue weighted by atomic mass is 9.90. The highest BCUT2D eigenvalue weighted by Crippen LogP contribution is 2.35. The van der Waals surface area contributed by atoms with E-state index in [0.717, 1.165) is 53.4 Å². The van der Waals surface area contributed by atoms with Crippen molar-refractivity contribution in [2.45, 2.75) is 37.8 Å². The second-order valence-corrected chi connectivity index (χ2v) is 9.50. The minimum atomic E-state index is -0.134. The van der Waals surface area contributed by atoms with E-state index in [-0.39, 0.29) is 11.9 Å². The largest absolute Gasteiger partial charge is 0.495 e. The quantitative estimate of drug-likeness (QED) is 0.438. The molecule has 186 valence electrons. The van der Waals surface area contributed by atoms with Crippen LogP contribution in [0.1, 0.15) is 36.2 Å². The fraction of sp³-hybridized carbons (Fsp3) is 0.345. The Morgan fingerprint density at radius 2 is 1.92 bits per heavy atom. The number of hydrogen-bond acceptors (Lipinski definition) is 6. The van der Waals surface area contributed by atoms with E-state index in [1.54, 1.807) is 13.2 Å². The van der Waals surface area contributed by atoms with E-state index in [1.165, 1.54) is 0 Å². The Morgan fingerprint density at radius 1 is 1.17 bits per heavy atom. The summed E-state index contributed by atoms with van der Waals surface area (Å²) in [4.78, 5) is 20.0. The Bertz CT molecular complexity index is 1300. The number of nitriles is 1. The van der Waals surface area contributed by atoms with Crippen LogP contribution in [-0.2, 0) is 0 Å². The van der Waals surface area contributed by atoms with Crippen LogP contribution in [0.5, 0.6) is 5.75 Å². The smallest absolute Gasteiger partial charge is 0.270 e. The van der Waals surface area contributed by atoms with Gasteiger partial charge in [-0.15, -0.1) is 0 Å². The maximum absolute atomic E-state index is 13.0. The molecule has 0 saturated heterocycles. The number of amides is 1. The van der Waals surface area contributed by atoms with Gasteiger partial charge < -0.3 is 20.3 Å². The van der Waals surface area contributed by atoms with Gasteiger partial charge >= 0.3 is 0 Å². The zero-order valence-corrected chi connectivity index (χ0v) is 21.2. The summed E-state index contributed by atoms with van der Waals surface area (Å²) in [6.45, 7) is 4.07. The molecular weight excluding hydrogens is 450 g/mol. The number of methoxy groups -OCH3 is 1. The predicted molar refractivity (Wildman–Crippen MR) is 144 cm³/mol. The fourth-order valence-electron chi connectivity index (χ4n) is 4.76. The zero-order valence-electron chi connectivity index (χ0n) is 21.2. The van der Waals surface area contributed by atoms with E-state index < -0.39 is 0 Å². The number of carbonyl (C=O) groups excluding carboxylic acids is 1. The van der Waals surface area contributed by atoms with Crippen LogP contribution in [0, 0.1) is 11.3 Å². The SMILES string of the molecule is C=C(C#N)CNc1c(OC)ccc2ccc(-c3cccc(C(=O)NC4CCC(N(C)C)CC4)n3)cc12. The first-order valence-corrected chi connectivity index (χ1v) is 12.3. The molecule has 0 radical (unpaired) electrons. The highest BCUT2D eigenvalue weighted by atomic mass is 16.5. The third-order valence-corrected chi connectivity index (χ3v) is 6.88. The molecule has 2 N–H and O–H groups in total. The fourth-order valence-corrected chi connectivity index (χ4v) is 4.76. The van der Waals surface area contributed by atoms with Gasteiger partial charge in [-0.25, -0.2) is 4.98 Å². The van der Waals surface area contributed by atoms with E-state index in [2.05, 4.69) is 47.3 Å². The van der Waals surface area contributed by atoms with Crippen LogP contribution in [-0.4, -0.2) is 55.6 Å². The molecule has 1 aliphatic rings. The average molecular weight is 484 g/mol. The Hall–Kier alpha value is -3.89. The molecule has 1 saturated carbocycles. The van der Waals surface area contributed by atoms with Crippen molar-refractivity contribution in [2.75, 3.05) is 33.1 Å². The molecule has 0 spiro atoms. The molecule has 0 aliphatic heterocycles. The number of rotatable bonds is 8. The average Bonchev–Trinajstić information content (AvgIpc) is 2.91. The van der Waals surface area contributed by atoms with Gasteiger partial charge in [-0.2, -0.15) is 5.26 Å². The Balaban J connectivity index is 1.57. The monoisotopic (exact) mass is 483 g/mol. The number of aromatic nitrogens is 1. The van der Waals surface area contributed by atoms with Crippen LogP contribution in [0.4, 0.5) is 5.69 Å².